The Hall–Kier alpha value is -3.69. The molecule has 30 heavy (non-hydrogen) atoms. The summed E-state index contributed by atoms with van der Waals surface area (Å²) in [6.45, 7) is 5.10. The van der Waals surface area contributed by atoms with E-state index in [1.54, 1.807) is 20.8 Å². The van der Waals surface area contributed by atoms with E-state index in [2.05, 4.69) is 26.2 Å². The van der Waals surface area contributed by atoms with Crippen LogP contribution in [0.2, 0.25) is 0 Å². The standard InChI is InChI=1S/C20H20F2N6O2/c1-11(2)18(24-19(29)14-6-4-5-7-15(14)21)20(30)23-17-10-13(8-9-16(17)22)28-12(3)25-26-27-28/h4-11,18H,1-3H3,(H,23,30)(H,24,29). The van der Waals surface area contributed by atoms with Crippen LogP contribution < -0.4 is 10.6 Å². The second-order valence-electron chi connectivity index (χ2n) is 6.97. The van der Waals surface area contributed by atoms with Gasteiger partial charge < -0.3 is 10.6 Å². The molecule has 1 aromatic heterocycles. The van der Waals surface area contributed by atoms with Crippen LogP contribution in [0.3, 0.4) is 0 Å². The molecule has 8 nitrogen and oxygen atoms in total. The lowest BCUT2D eigenvalue weighted by Gasteiger charge is -2.22. The molecule has 2 N–H and O–H groups in total. The molecular weight excluding hydrogens is 394 g/mol. The highest BCUT2D eigenvalue weighted by Gasteiger charge is 2.26. The fourth-order valence-electron chi connectivity index (χ4n) is 2.82. The highest BCUT2D eigenvalue weighted by Crippen LogP contribution is 2.20. The molecule has 3 aromatic rings. The summed E-state index contributed by atoms with van der Waals surface area (Å²) in [5, 5.41) is 16.1. The first-order valence-electron chi connectivity index (χ1n) is 9.19. The number of tetrazole rings is 1. The number of nitrogens with one attached hydrogen (secondary N) is 2. The van der Waals surface area contributed by atoms with Crippen LogP contribution in [0.15, 0.2) is 42.5 Å². The summed E-state index contributed by atoms with van der Waals surface area (Å²) in [5.41, 5.74) is 0.169. The van der Waals surface area contributed by atoms with Crippen LogP contribution >= 0.6 is 0 Å². The molecule has 1 unspecified atom stereocenters. The predicted molar refractivity (Wildman–Crippen MR) is 105 cm³/mol. The van der Waals surface area contributed by atoms with Crippen LogP contribution in [0.4, 0.5) is 14.5 Å². The number of carbonyl (C=O) groups is 2. The van der Waals surface area contributed by atoms with E-state index in [-0.39, 0.29) is 17.2 Å². The van der Waals surface area contributed by atoms with Gasteiger partial charge in [-0.1, -0.05) is 26.0 Å². The molecule has 0 spiro atoms. The van der Waals surface area contributed by atoms with Gasteiger partial charge in [0.15, 0.2) is 5.82 Å². The number of anilines is 1. The van der Waals surface area contributed by atoms with Gasteiger partial charge in [0.05, 0.1) is 16.9 Å². The minimum Gasteiger partial charge on any atom is -0.340 e. The number of hydrogen-bond donors (Lipinski definition) is 2. The smallest absolute Gasteiger partial charge is 0.254 e. The van der Waals surface area contributed by atoms with E-state index >= 15 is 0 Å². The molecule has 3 rings (SSSR count). The second-order valence-corrected chi connectivity index (χ2v) is 6.97. The van der Waals surface area contributed by atoms with E-state index < -0.39 is 29.5 Å². The van der Waals surface area contributed by atoms with Gasteiger partial charge in [0, 0.05) is 0 Å². The Morgan fingerprint density at radius 1 is 1.07 bits per heavy atom. The van der Waals surface area contributed by atoms with Crippen molar-refractivity contribution in [1.29, 1.82) is 0 Å². The van der Waals surface area contributed by atoms with E-state index in [4.69, 9.17) is 0 Å². The predicted octanol–water partition coefficient (Wildman–Crippen LogP) is 2.64. The van der Waals surface area contributed by atoms with Gasteiger partial charge in [0.2, 0.25) is 5.91 Å². The minimum absolute atomic E-state index is 0.0989. The van der Waals surface area contributed by atoms with Crippen molar-refractivity contribution in [3.05, 3.63) is 65.5 Å². The lowest BCUT2D eigenvalue weighted by Crippen LogP contribution is -2.47. The number of aromatic nitrogens is 4. The first kappa shape index (κ1) is 21.0. The topological polar surface area (TPSA) is 102 Å². The van der Waals surface area contributed by atoms with E-state index in [1.165, 1.54) is 41.1 Å². The molecule has 0 aliphatic rings. The molecule has 2 aromatic carbocycles. The van der Waals surface area contributed by atoms with Crippen molar-refractivity contribution in [2.24, 2.45) is 5.92 Å². The van der Waals surface area contributed by atoms with Gasteiger partial charge >= 0.3 is 0 Å². The van der Waals surface area contributed by atoms with Crippen molar-refractivity contribution in [2.75, 3.05) is 5.32 Å². The molecule has 1 atom stereocenters. The average molecular weight is 414 g/mol. The summed E-state index contributed by atoms with van der Waals surface area (Å²) in [6.07, 6.45) is 0. The zero-order chi connectivity index (χ0) is 21.8. The Balaban J connectivity index is 1.81. The van der Waals surface area contributed by atoms with Gasteiger partial charge in [-0.2, -0.15) is 4.68 Å². The fourth-order valence-corrected chi connectivity index (χ4v) is 2.82. The fraction of sp³-hybridized carbons (Fsp3) is 0.250. The van der Waals surface area contributed by atoms with Crippen LogP contribution in [-0.2, 0) is 4.79 Å². The zero-order valence-corrected chi connectivity index (χ0v) is 16.6. The maximum Gasteiger partial charge on any atom is 0.254 e. The molecule has 0 radical (unpaired) electrons. The van der Waals surface area contributed by atoms with Gasteiger partial charge in [-0.15, -0.1) is 5.10 Å². The molecule has 0 saturated carbocycles. The molecule has 0 aliphatic carbocycles. The van der Waals surface area contributed by atoms with E-state index in [1.807, 2.05) is 0 Å². The summed E-state index contributed by atoms with van der Waals surface area (Å²) in [7, 11) is 0. The summed E-state index contributed by atoms with van der Waals surface area (Å²) >= 11 is 0. The Morgan fingerprint density at radius 2 is 1.80 bits per heavy atom. The number of halogens is 2. The van der Waals surface area contributed by atoms with Gasteiger partial charge in [0.1, 0.15) is 17.7 Å². The normalized spacial score (nSPS) is 11.9. The van der Waals surface area contributed by atoms with Crippen molar-refractivity contribution in [1.82, 2.24) is 25.5 Å². The van der Waals surface area contributed by atoms with Crippen LogP contribution in [0.5, 0.6) is 0 Å². The third kappa shape index (κ3) is 4.48. The Bertz CT molecular complexity index is 1080. The van der Waals surface area contributed by atoms with Gasteiger partial charge in [-0.3, -0.25) is 9.59 Å². The summed E-state index contributed by atoms with van der Waals surface area (Å²) < 4.78 is 29.6. The van der Waals surface area contributed by atoms with Crippen molar-refractivity contribution >= 4 is 17.5 Å². The SMILES string of the molecule is Cc1nnnn1-c1ccc(F)c(NC(=O)C(NC(=O)c2ccccc2F)C(C)C)c1. The van der Waals surface area contributed by atoms with E-state index in [0.717, 1.165) is 6.07 Å². The number of hydrogen-bond acceptors (Lipinski definition) is 5. The highest BCUT2D eigenvalue weighted by atomic mass is 19.1. The number of carbonyl (C=O) groups excluding carboxylic acids is 2. The van der Waals surface area contributed by atoms with Crippen LogP contribution in [0, 0.1) is 24.5 Å². The number of benzene rings is 2. The third-order valence-electron chi connectivity index (χ3n) is 4.43. The van der Waals surface area contributed by atoms with Gasteiger partial charge in [-0.25, -0.2) is 8.78 Å². The molecule has 0 aliphatic heterocycles. The van der Waals surface area contributed by atoms with Crippen molar-refractivity contribution in [3.63, 3.8) is 0 Å². The maximum atomic E-state index is 14.3. The largest absolute Gasteiger partial charge is 0.340 e. The number of nitrogens with zero attached hydrogens (tertiary/aromatic N) is 4. The average Bonchev–Trinajstić information content (AvgIpc) is 3.13. The monoisotopic (exact) mass is 414 g/mol. The van der Waals surface area contributed by atoms with Crippen LogP contribution in [0.1, 0.15) is 30.0 Å². The second kappa shape index (κ2) is 8.76. The molecule has 1 heterocycles. The lowest BCUT2D eigenvalue weighted by atomic mass is 10.0. The van der Waals surface area contributed by atoms with Crippen molar-refractivity contribution in [3.8, 4) is 5.69 Å². The summed E-state index contributed by atoms with van der Waals surface area (Å²) in [6, 6.07) is 8.45. The lowest BCUT2D eigenvalue weighted by molar-refractivity contribution is -0.118. The van der Waals surface area contributed by atoms with Gasteiger partial charge in [-0.05, 0) is 53.6 Å². The van der Waals surface area contributed by atoms with E-state index in [9.17, 15) is 18.4 Å². The highest BCUT2D eigenvalue weighted by molar-refractivity contribution is 6.01. The first-order valence-corrected chi connectivity index (χ1v) is 9.19. The molecular formula is C20H20F2N6O2. The molecule has 10 heteroatoms. The Morgan fingerprint density at radius 3 is 2.43 bits per heavy atom. The zero-order valence-electron chi connectivity index (χ0n) is 16.6. The molecule has 2 amide bonds. The van der Waals surface area contributed by atoms with Crippen LogP contribution in [0.25, 0.3) is 5.69 Å². The van der Waals surface area contributed by atoms with E-state index in [0.29, 0.717) is 11.5 Å². The molecule has 0 fully saturated rings. The minimum atomic E-state index is -1.02. The Kier molecular flexibility index (Phi) is 6.14. The Labute approximate surface area is 171 Å². The van der Waals surface area contributed by atoms with Gasteiger partial charge in [0.25, 0.3) is 5.91 Å². The molecule has 0 bridgehead atoms. The molecule has 0 saturated heterocycles. The van der Waals surface area contributed by atoms with Crippen LogP contribution in [-0.4, -0.2) is 38.1 Å². The van der Waals surface area contributed by atoms with Crippen molar-refractivity contribution in [2.45, 2.75) is 26.8 Å². The first-order chi connectivity index (χ1) is 14.3. The quantitative estimate of drug-likeness (QED) is 0.646. The third-order valence-corrected chi connectivity index (χ3v) is 4.43. The maximum absolute atomic E-state index is 14.3. The number of amides is 2. The summed E-state index contributed by atoms with van der Waals surface area (Å²) in [5.74, 6) is -2.60. The molecule has 156 valence electrons. The van der Waals surface area contributed by atoms with Crippen molar-refractivity contribution < 1.29 is 18.4 Å². The summed E-state index contributed by atoms with van der Waals surface area (Å²) in [4.78, 5) is 25.2. The number of rotatable bonds is 6. The number of aryl methyl sites for hydroxylation is 1.